The number of carbonyl (C=O) groups is 1. The lowest BCUT2D eigenvalue weighted by Gasteiger charge is -2.14. The van der Waals surface area contributed by atoms with Gasteiger partial charge in [0.15, 0.2) is 0 Å². The number of benzene rings is 3. The molecule has 0 unspecified atom stereocenters. The molecule has 0 aliphatic heterocycles. The molecule has 0 atom stereocenters. The minimum absolute atomic E-state index is 0.0169. The molecule has 30 heavy (non-hydrogen) atoms. The Balaban J connectivity index is 1.85. The van der Waals surface area contributed by atoms with Crippen molar-refractivity contribution in [1.82, 2.24) is 4.72 Å². The molecule has 2 N–H and O–H groups in total. The van der Waals surface area contributed by atoms with E-state index in [1.165, 1.54) is 24.3 Å². The van der Waals surface area contributed by atoms with Crippen molar-refractivity contribution in [1.29, 1.82) is 0 Å². The zero-order valence-electron chi connectivity index (χ0n) is 16.3. The van der Waals surface area contributed by atoms with E-state index in [0.29, 0.717) is 22.9 Å². The standard InChI is InChI=1S/C22H21ClN2O4S/c1-2-29-21-12-11-19(30(27,28)24-15-16-7-4-3-5-8-16)14-20(21)25-22(26)17-9-6-10-18(23)13-17/h3-14,24H,2,15H2,1H3,(H,25,26). The SMILES string of the molecule is CCOc1ccc(S(=O)(=O)NCc2ccccc2)cc1NC(=O)c1cccc(Cl)c1. The van der Waals surface area contributed by atoms with Gasteiger partial charge in [-0.3, -0.25) is 4.79 Å². The van der Waals surface area contributed by atoms with Gasteiger partial charge in [-0.25, -0.2) is 13.1 Å². The third-order valence-corrected chi connectivity index (χ3v) is 5.84. The van der Waals surface area contributed by atoms with Crippen LogP contribution >= 0.6 is 11.6 Å². The molecule has 156 valence electrons. The van der Waals surface area contributed by atoms with E-state index in [2.05, 4.69) is 10.0 Å². The van der Waals surface area contributed by atoms with Crippen molar-refractivity contribution >= 4 is 33.2 Å². The van der Waals surface area contributed by atoms with E-state index in [1.54, 1.807) is 25.1 Å². The lowest BCUT2D eigenvalue weighted by atomic mass is 10.2. The Morgan fingerprint density at radius 1 is 1.00 bits per heavy atom. The van der Waals surface area contributed by atoms with Gasteiger partial charge in [0.2, 0.25) is 10.0 Å². The van der Waals surface area contributed by atoms with Crippen molar-refractivity contribution in [3.05, 3.63) is 88.9 Å². The van der Waals surface area contributed by atoms with Gasteiger partial charge in [-0.05, 0) is 48.9 Å². The van der Waals surface area contributed by atoms with Crippen molar-refractivity contribution in [3.8, 4) is 5.75 Å². The van der Waals surface area contributed by atoms with Crippen LogP contribution in [-0.4, -0.2) is 20.9 Å². The number of ether oxygens (including phenoxy) is 1. The van der Waals surface area contributed by atoms with E-state index < -0.39 is 15.9 Å². The van der Waals surface area contributed by atoms with Crippen molar-refractivity contribution < 1.29 is 17.9 Å². The molecule has 0 saturated heterocycles. The van der Waals surface area contributed by atoms with Crippen molar-refractivity contribution in [2.45, 2.75) is 18.4 Å². The number of sulfonamides is 1. The Morgan fingerprint density at radius 3 is 2.47 bits per heavy atom. The van der Waals surface area contributed by atoms with E-state index >= 15 is 0 Å². The normalized spacial score (nSPS) is 11.1. The molecule has 0 aliphatic carbocycles. The molecule has 0 spiro atoms. The maximum atomic E-state index is 12.7. The molecular formula is C22H21ClN2O4S. The molecule has 0 fully saturated rings. The third-order valence-electron chi connectivity index (χ3n) is 4.21. The van der Waals surface area contributed by atoms with Crippen LogP contribution in [0.3, 0.4) is 0 Å². The Kier molecular flexibility index (Phi) is 7.10. The molecule has 0 bridgehead atoms. The average molecular weight is 445 g/mol. The highest BCUT2D eigenvalue weighted by atomic mass is 35.5. The van der Waals surface area contributed by atoms with Gasteiger partial charge >= 0.3 is 0 Å². The second-order valence-corrected chi connectivity index (χ2v) is 8.57. The van der Waals surface area contributed by atoms with E-state index in [0.717, 1.165) is 5.56 Å². The summed E-state index contributed by atoms with van der Waals surface area (Å²) in [5, 5.41) is 3.14. The Hall–Kier alpha value is -2.87. The molecule has 8 heteroatoms. The van der Waals surface area contributed by atoms with Crippen molar-refractivity contribution in [3.63, 3.8) is 0 Å². The van der Waals surface area contributed by atoms with Gasteiger partial charge in [0.25, 0.3) is 5.91 Å². The van der Waals surface area contributed by atoms with Gasteiger partial charge in [-0.15, -0.1) is 0 Å². The van der Waals surface area contributed by atoms with Crippen LogP contribution in [0.2, 0.25) is 5.02 Å². The van der Waals surface area contributed by atoms with E-state index in [1.807, 2.05) is 30.3 Å². The second kappa shape index (κ2) is 9.75. The first-order chi connectivity index (χ1) is 14.4. The summed E-state index contributed by atoms with van der Waals surface area (Å²) in [6.45, 7) is 2.31. The smallest absolute Gasteiger partial charge is 0.255 e. The quantitative estimate of drug-likeness (QED) is 0.536. The summed E-state index contributed by atoms with van der Waals surface area (Å²) in [7, 11) is -3.80. The fourth-order valence-electron chi connectivity index (χ4n) is 2.74. The minimum atomic E-state index is -3.80. The fourth-order valence-corrected chi connectivity index (χ4v) is 3.97. The summed E-state index contributed by atoms with van der Waals surface area (Å²) in [4.78, 5) is 12.6. The molecule has 3 aromatic rings. The first kappa shape index (κ1) is 21.8. The highest BCUT2D eigenvalue weighted by molar-refractivity contribution is 7.89. The summed E-state index contributed by atoms with van der Waals surface area (Å²) in [6, 6.07) is 20.0. The van der Waals surface area contributed by atoms with Crippen molar-refractivity contribution in [2.24, 2.45) is 0 Å². The highest BCUT2D eigenvalue weighted by Crippen LogP contribution is 2.28. The summed E-state index contributed by atoms with van der Waals surface area (Å²) in [5.41, 5.74) is 1.44. The molecule has 0 aromatic heterocycles. The number of amides is 1. The summed E-state index contributed by atoms with van der Waals surface area (Å²) >= 11 is 5.95. The predicted molar refractivity (Wildman–Crippen MR) is 117 cm³/mol. The van der Waals surface area contributed by atoms with Crippen LogP contribution in [0.4, 0.5) is 5.69 Å². The Morgan fingerprint density at radius 2 is 1.77 bits per heavy atom. The van der Waals surface area contributed by atoms with Crippen molar-refractivity contribution in [2.75, 3.05) is 11.9 Å². The van der Waals surface area contributed by atoms with Crippen LogP contribution < -0.4 is 14.8 Å². The second-order valence-electron chi connectivity index (χ2n) is 6.37. The zero-order valence-corrected chi connectivity index (χ0v) is 17.8. The maximum absolute atomic E-state index is 12.7. The van der Waals surface area contributed by atoms with Crippen LogP contribution in [0, 0.1) is 0 Å². The molecule has 6 nitrogen and oxygen atoms in total. The van der Waals surface area contributed by atoms with Crippen LogP contribution in [-0.2, 0) is 16.6 Å². The summed E-state index contributed by atoms with van der Waals surface area (Å²) < 4.78 is 33.6. The maximum Gasteiger partial charge on any atom is 0.255 e. The number of anilines is 1. The van der Waals surface area contributed by atoms with Gasteiger partial charge in [0.1, 0.15) is 5.75 Å². The van der Waals surface area contributed by atoms with E-state index in [9.17, 15) is 13.2 Å². The number of carbonyl (C=O) groups excluding carboxylic acids is 1. The topological polar surface area (TPSA) is 84.5 Å². The van der Waals surface area contributed by atoms with Crippen LogP contribution in [0.1, 0.15) is 22.8 Å². The Labute approximate surface area is 180 Å². The average Bonchev–Trinajstić information content (AvgIpc) is 2.74. The molecule has 0 heterocycles. The van der Waals surface area contributed by atoms with Crippen LogP contribution in [0.15, 0.2) is 77.7 Å². The molecular weight excluding hydrogens is 424 g/mol. The van der Waals surface area contributed by atoms with Gasteiger partial charge in [0.05, 0.1) is 17.2 Å². The van der Waals surface area contributed by atoms with Crippen LogP contribution in [0.5, 0.6) is 5.75 Å². The number of nitrogens with one attached hydrogen (secondary N) is 2. The van der Waals surface area contributed by atoms with Gasteiger partial charge in [0, 0.05) is 17.1 Å². The number of hydrogen-bond donors (Lipinski definition) is 2. The van der Waals surface area contributed by atoms with Gasteiger partial charge in [-0.1, -0.05) is 48.0 Å². The Bertz CT molecular complexity index is 1130. The summed E-state index contributed by atoms with van der Waals surface area (Å²) in [6.07, 6.45) is 0. The molecule has 0 saturated carbocycles. The first-order valence-corrected chi connectivity index (χ1v) is 11.1. The molecule has 0 radical (unpaired) electrons. The number of halogens is 1. The van der Waals surface area contributed by atoms with E-state index in [-0.39, 0.29) is 17.1 Å². The fraction of sp³-hybridized carbons (Fsp3) is 0.136. The minimum Gasteiger partial charge on any atom is -0.492 e. The molecule has 3 rings (SSSR count). The molecule has 0 aliphatic rings. The van der Waals surface area contributed by atoms with Gasteiger partial charge in [-0.2, -0.15) is 0 Å². The van der Waals surface area contributed by atoms with Crippen LogP contribution in [0.25, 0.3) is 0 Å². The monoisotopic (exact) mass is 444 g/mol. The highest BCUT2D eigenvalue weighted by Gasteiger charge is 2.18. The van der Waals surface area contributed by atoms with Gasteiger partial charge < -0.3 is 10.1 Å². The van der Waals surface area contributed by atoms with E-state index in [4.69, 9.17) is 16.3 Å². The lowest BCUT2D eigenvalue weighted by molar-refractivity contribution is 0.102. The first-order valence-electron chi connectivity index (χ1n) is 9.26. The predicted octanol–water partition coefficient (Wildman–Crippen LogP) is 4.47. The lowest BCUT2D eigenvalue weighted by Crippen LogP contribution is -2.23. The third kappa shape index (κ3) is 5.60. The largest absolute Gasteiger partial charge is 0.492 e. The number of hydrogen-bond acceptors (Lipinski definition) is 4. The number of rotatable bonds is 8. The molecule has 3 aromatic carbocycles. The summed E-state index contributed by atoms with van der Waals surface area (Å²) in [5.74, 6) is -0.0554. The zero-order chi connectivity index (χ0) is 21.6. The molecule has 1 amide bonds.